The molecular formula is C31H35F2N9. The van der Waals surface area contributed by atoms with E-state index in [1.165, 1.54) is 23.5 Å². The Hall–Kier alpha value is -4.09. The number of fused-ring (bicyclic) bond motifs is 2. The van der Waals surface area contributed by atoms with Crippen LogP contribution in [0.5, 0.6) is 0 Å². The lowest BCUT2D eigenvalue weighted by molar-refractivity contribution is 0.0828. The lowest BCUT2D eigenvalue weighted by Crippen LogP contribution is -2.49. The van der Waals surface area contributed by atoms with Gasteiger partial charge in [-0.3, -0.25) is 4.90 Å². The van der Waals surface area contributed by atoms with Gasteiger partial charge in [-0.1, -0.05) is 12.1 Å². The molecule has 0 spiro atoms. The molecule has 11 heteroatoms. The Morgan fingerprint density at radius 2 is 1.60 bits per heavy atom. The first-order valence-corrected chi connectivity index (χ1v) is 14.6. The molecular weight excluding hydrogens is 536 g/mol. The number of nitrogens with two attached hydrogens (primary N) is 1. The van der Waals surface area contributed by atoms with Gasteiger partial charge in [0.15, 0.2) is 11.6 Å². The molecule has 2 aromatic carbocycles. The Labute approximate surface area is 243 Å². The van der Waals surface area contributed by atoms with Gasteiger partial charge in [0.05, 0.1) is 10.9 Å². The normalized spacial score (nSPS) is 20.5. The van der Waals surface area contributed by atoms with Crippen LogP contribution in [0.15, 0.2) is 48.9 Å². The summed E-state index contributed by atoms with van der Waals surface area (Å²) in [6.07, 6.45) is 8.31. The van der Waals surface area contributed by atoms with Gasteiger partial charge in [-0.05, 0) is 62.6 Å². The lowest BCUT2D eigenvalue weighted by atomic mass is 9.89. The Morgan fingerprint density at radius 3 is 2.33 bits per heavy atom. The highest BCUT2D eigenvalue weighted by Crippen LogP contribution is 2.39. The van der Waals surface area contributed by atoms with Gasteiger partial charge in [-0.25, -0.2) is 23.7 Å². The van der Waals surface area contributed by atoms with Crippen LogP contribution >= 0.6 is 0 Å². The first-order chi connectivity index (χ1) is 20.4. The molecule has 1 saturated heterocycles. The van der Waals surface area contributed by atoms with Crippen LogP contribution in [-0.4, -0.2) is 73.2 Å². The Kier molecular flexibility index (Phi) is 6.78. The third-order valence-electron chi connectivity index (χ3n) is 9.13. The minimum atomic E-state index is -0.907. The number of nitrogen functional groups attached to an aromatic ring is 1. The van der Waals surface area contributed by atoms with Crippen LogP contribution < -0.4 is 11.1 Å². The number of rotatable bonds is 5. The molecule has 2 fully saturated rings. The summed E-state index contributed by atoms with van der Waals surface area (Å²) in [6, 6.07) is 11.5. The van der Waals surface area contributed by atoms with Crippen LogP contribution in [0.1, 0.15) is 31.7 Å². The van der Waals surface area contributed by atoms with Crippen molar-refractivity contribution in [2.24, 2.45) is 7.05 Å². The number of aromatic nitrogens is 5. The quantitative estimate of drug-likeness (QED) is 0.295. The minimum absolute atomic E-state index is 0.120. The van der Waals surface area contributed by atoms with Crippen molar-refractivity contribution in [2.75, 3.05) is 44.3 Å². The molecule has 0 radical (unpaired) electrons. The van der Waals surface area contributed by atoms with E-state index in [2.05, 4.69) is 47.9 Å². The minimum Gasteiger partial charge on any atom is -0.383 e. The molecule has 0 atom stereocenters. The zero-order valence-corrected chi connectivity index (χ0v) is 23.9. The first-order valence-electron chi connectivity index (χ1n) is 14.6. The number of aryl methyl sites for hydroxylation is 1. The second-order valence-corrected chi connectivity index (χ2v) is 11.6. The molecule has 5 aromatic rings. The van der Waals surface area contributed by atoms with E-state index in [0.29, 0.717) is 29.4 Å². The summed E-state index contributed by atoms with van der Waals surface area (Å²) in [5.74, 6) is -0.915. The molecule has 1 saturated carbocycles. The SMILES string of the molecule is CN1CCN([C@H]2CC[C@H](n3cc(-c4ccc(Nc5nc6ccc(F)c(F)c6n5C)cc4)c4c(N)ncnc43)CC2)CC1. The van der Waals surface area contributed by atoms with Gasteiger partial charge in [0, 0.05) is 62.8 Å². The Bertz CT molecular complexity index is 1740. The van der Waals surface area contributed by atoms with Crippen molar-refractivity contribution in [1.82, 2.24) is 33.9 Å². The highest BCUT2D eigenvalue weighted by Gasteiger charge is 2.30. The maximum Gasteiger partial charge on any atom is 0.208 e. The van der Waals surface area contributed by atoms with Crippen molar-refractivity contribution in [3.63, 3.8) is 0 Å². The fourth-order valence-electron chi connectivity index (χ4n) is 6.70. The fourth-order valence-corrected chi connectivity index (χ4v) is 6.70. The van der Waals surface area contributed by atoms with Gasteiger partial charge < -0.3 is 25.1 Å². The highest BCUT2D eigenvalue weighted by atomic mass is 19.2. The summed E-state index contributed by atoms with van der Waals surface area (Å²) >= 11 is 0. The molecule has 7 rings (SSSR count). The fraction of sp³-hybridized carbons (Fsp3) is 0.387. The van der Waals surface area contributed by atoms with E-state index >= 15 is 0 Å². The van der Waals surface area contributed by atoms with Crippen LogP contribution in [-0.2, 0) is 7.05 Å². The zero-order valence-electron chi connectivity index (χ0n) is 23.9. The number of nitrogens with zero attached hydrogens (tertiary/aromatic N) is 7. The summed E-state index contributed by atoms with van der Waals surface area (Å²) in [5.41, 5.74) is 10.6. The molecule has 3 aromatic heterocycles. The Morgan fingerprint density at radius 1 is 0.881 bits per heavy atom. The Balaban J connectivity index is 1.13. The molecule has 42 heavy (non-hydrogen) atoms. The molecule has 3 N–H and O–H groups in total. The number of nitrogens with one attached hydrogen (secondary N) is 1. The predicted octanol–water partition coefficient (Wildman–Crippen LogP) is 5.32. The number of anilines is 3. The van der Waals surface area contributed by atoms with Crippen molar-refractivity contribution in [1.29, 1.82) is 0 Å². The van der Waals surface area contributed by atoms with Gasteiger partial charge in [0.25, 0.3) is 0 Å². The summed E-state index contributed by atoms with van der Waals surface area (Å²) < 4.78 is 32.0. The summed E-state index contributed by atoms with van der Waals surface area (Å²) in [4.78, 5) is 18.5. The number of likely N-dealkylation sites (N-methyl/N-ethyl adjacent to an activating group) is 1. The van der Waals surface area contributed by atoms with Crippen LogP contribution in [0.4, 0.5) is 26.2 Å². The monoisotopic (exact) mass is 571 g/mol. The summed E-state index contributed by atoms with van der Waals surface area (Å²) in [5, 5.41) is 4.10. The molecule has 0 bridgehead atoms. The largest absolute Gasteiger partial charge is 0.383 e. The van der Waals surface area contributed by atoms with Crippen molar-refractivity contribution in [2.45, 2.75) is 37.8 Å². The number of imidazole rings is 1. The lowest BCUT2D eigenvalue weighted by Gasteiger charge is -2.41. The molecule has 9 nitrogen and oxygen atoms in total. The topological polar surface area (TPSA) is 93.1 Å². The van der Waals surface area contributed by atoms with Gasteiger partial charge in [-0.15, -0.1) is 0 Å². The zero-order chi connectivity index (χ0) is 29.0. The second-order valence-electron chi connectivity index (χ2n) is 11.6. The van der Waals surface area contributed by atoms with Crippen molar-refractivity contribution < 1.29 is 8.78 Å². The maximum absolute atomic E-state index is 14.4. The molecule has 1 aliphatic heterocycles. The van der Waals surface area contributed by atoms with E-state index in [0.717, 1.165) is 72.9 Å². The molecule has 2 aliphatic rings. The van der Waals surface area contributed by atoms with Crippen molar-refractivity contribution in [3.05, 3.63) is 60.6 Å². The number of halogens is 2. The number of hydrogen-bond acceptors (Lipinski definition) is 7. The third kappa shape index (κ3) is 4.66. The molecule has 1 aliphatic carbocycles. The van der Waals surface area contributed by atoms with E-state index in [-0.39, 0.29) is 5.52 Å². The average Bonchev–Trinajstić information content (AvgIpc) is 3.55. The average molecular weight is 572 g/mol. The highest BCUT2D eigenvalue weighted by molar-refractivity contribution is 6.00. The molecule has 218 valence electrons. The van der Waals surface area contributed by atoms with E-state index in [1.807, 2.05) is 24.3 Å². The second kappa shape index (κ2) is 10.6. The maximum atomic E-state index is 14.4. The molecule has 0 unspecified atom stereocenters. The van der Waals surface area contributed by atoms with E-state index in [4.69, 9.17) is 5.73 Å². The van der Waals surface area contributed by atoms with E-state index in [1.54, 1.807) is 13.4 Å². The summed E-state index contributed by atoms with van der Waals surface area (Å²) in [7, 11) is 3.86. The third-order valence-corrected chi connectivity index (χ3v) is 9.13. The van der Waals surface area contributed by atoms with E-state index < -0.39 is 11.6 Å². The van der Waals surface area contributed by atoms with Crippen LogP contribution in [0.25, 0.3) is 33.2 Å². The number of piperazine rings is 1. The first kappa shape index (κ1) is 26.8. The predicted molar refractivity (Wildman–Crippen MR) is 162 cm³/mol. The van der Waals surface area contributed by atoms with Gasteiger partial charge >= 0.3 is 0 Å². The molecule has 0 amide bonds. The van der Waals surface area contributed by atoms with Crippen LogP contribution in [0, 0.1) is 11.6 Å². The van der Waals surface area contributed by atoms with Crippen LogP contribution in [0.3, 0.4) is 0 Å². The standard InChI is InChI=1S/C31H35F2N9/c1-39-13-15-41(16-14-39)21-7-9-22(10-8-21)42-17-23(26-29(34)35-18-36-30(26)42)19-3-5-20(6-4-19)37-31-38-25-12-11-24(32)27(33)28(25)40(31)2/h3-6,11-12,17-18,21-22H,7-10,13-16H2,1-2H3,(H,37,38)(H2,34,35,36)/t21-,22-. The van der Waals surface area contributed by atoms with Crippen molar-refractivity contribution >= 4 is 39.5 Å². The smallest absolute Gasteiger partial charge is 0.208 e. The number of benzene rings is 2. The van der Waals surface area contributed by atoms with Gasteiger partial charge in [0.2, 0.25) is 5.95 Å². The summed E-state index contributed by atoms with van der Waals surface area (Å²) in [6.45, 7) is 4.60. The van der Waals surface area contributed by atoms with Gasteiger partial charge in [0.1, 0.15) is 23.3 Å². The van der Waals surface area contributed by atoms with Gasteiger partial charge in [-0.2, -0.15) is 0 Å². The van der Waals surface area contributed by atoms with Crippen LogP contribution in [0.2, 0.25) is 0 Å². The molecule has 4 heterocycles. The van der Waals surface area contributed by atoms with E-state index in [9.17, 15) is 8.78 Å². The van der Waals surface area contributed by atoms with Crippen molar-refractivity contribution in [3.8, 4) is 11.1 Å². The number of hydrogen-bond donors (Lipinski definition) is 2.